The first-order chi connectivity index (χ1) is 19.0. The number of hydrogen-bond acceptors (Lipinski definition) is 6. The third kappa shape index (κ3) is 4.36. The molecule has 8 heteroatoms. The van der Waals surface area contributed by atoms with Gasteiger partial charge in [-0.25, -0.2) is 4.68 Å². The van der Waals surface area contributed by atoms with Crippen LogP contribution in [0.25, 0.3) is 23.0 Å². The highest BCUT2D eigenvalue weighted by molar-refractivity contribution is 6.19. The van der Waals surface area contributed by atoms with E-state index in [0.29, 0.717) is 33.9 Å². The Morgan fingerprint density at radius 1 is 0.949 bits per heavy atom. The van der Waals surface area contributed by atoms with Crippen molar-refractivity contribution in [3.8, 4) is 34.5 Å². The highest BCUT2D eigenvalue weighted by atomic mass is 16.7. The van der Waals surface area contributed by atoms with Crippen molar-refractivity contribution in [2.75, 3.05) is 6.79 Å². The molecule has 3 heterocycles. The summed E-state index contributed by atoms with van der Waals surface area (Å²) in [6, 6.07) is 26.6. The van der Waals surface area contributed by atoms with Gasteiger partial charge in [0.2, 0.25) is 6.79 Å². The van der Waals surface area contributed by atoms with E-state index in [1.807, 2.05) is 72.9 Å². The molecule has 0 radical (unpaired) electrons. The van der Waals surface area contributed by atoms with E-state index in [9.17, 15) is 14.9 Å². The number of fused-ring (bicyclic) bond motifs is 1. The molecule has 0 bridgehead atoms. The van der Waals surface area contributed by atoms with Crippen LogP contribution in [0, 0.1) is 11.3 Å². The van der Waals surface area contributed by atoms with Gasteiger partial charge in [0, 0.05) is 22.9 Å². The van der Waals surface area contributed by atoms with Crippen molar-refractivity contribution in [2.24, 2.45) is 0 Å². The fourth-order valence-corrected chi connectivity index (χ4v) is 4.68. The molecular formula is C31H22N4O4. The third-order valence-corrected chi connectivity index (χ3v) is 6.71. The first kappa shape index (κ1) is 23.9. The number of nitriles is 1. The van der Waals surface area contributed by atoms with Gasteiger partial charge in [-0.2, -0.15) is 10.4 Å². The van der Waals surface area contributed by atoms with Gasteiger partial charge in [0.15, 0.2) is 11.5 Å². The van der Waals surface area contributed by atoms with Gasteiger partial charge in [0.25, 0.3) is 11.8 Å². The maximum atomic E-state index is 13.8. The molecule has 0 N–H and O–H groups in total. The van der Waals surface area contributed by atoms with Crippen LogP contribution in [-0.2, 0) is 16.1 Å². The van der Waals surface area contributed by atoms with Gasteiger partial charge in [-0.15, -0.1) is 0 Å². The van der Waals surface area contributed by atoms with Crippen LogP contribution in [0.1, 0.15) is 18.1 Å². The summed E-state index contributed by atoms with van der Waals surface area (Å²) in [5.74, 6) is 0.0416. The summed E-state index contributed by atoms with van der Waals surface area (Å²) < 4.78 is 12.6. The Bertz CT molecular complexity index is 1710. The second-order valence-electron chi connectivity index (χ2n) is 9.13. The van der Waals surface area contributed by atoms with Crippen molar-refractivity contribution in [2.45, 2.75) is 13.5 Å². The highest BCUT2D eigenvalue weighted by Crippen LogP contribution is 2.35. The molecule has 0 spiro atoms. The fourth-order valence-electron chi connectivity index (χ4n) is 4.68. The quantitative estimate of drug-likeness (QED) is 0.273. The van der Waals surface area contributed by atoms with E-state index in [1.54, 1.807) is 35.9 Å². The van der Waals surface area contributed by atoms with Crippen molar-refractivity contribution in [1.82, 2.24) is 14.7 Å². The standard InChI is InChI=1S/C31H22N4O4/c1-20-25(15-23-18-35(24-10-6-3-7-11-24)33-29(23)22-8-4-2-5-9-22)30(36)34(31(37)26(20)16-32)17-21-12-13-27-28(14-21)39-19-38-27/h2-15,18H,17,19H2,1H3/b25-15+. The summed E-state index contributed by atoms with van der Waals surface area (Å²) in [7, 11) is 0. The van der Waals surface area contributed by atoms with E-state index in [4.69, 9.17) is 14.6 Å². The SMILES string of the molecule is CC1=C(C#N)C(=O)N(Cc2ccc3c(c2)OCO3)C(=O)/C1=C/c1cn(-c2ccccc2)nc1-c1ccccc1. The van der Waals surface area contributed by atoms with E-state index in [0.717, 1.165) is 16.2 Å². The van der Waals surface area contributed by atoms with E-state index < -0.39 is 11.8 Å². The van der Waals surface area contributed by atoms with Gasteiger partial charge < -0.3 is 9.47 Å². The lowest BCUT2D eigenvalue weighted by Crippen LogP contribution is -2.42. The molecular weight excluding hydrogens is 492 g/mol. The Kier molecular flexibility index (Phi) is 6.02. The number of benzene rings is 3. The number of carbonyl (C=O) groups is 2. The van der Waals surface area contributed by atoms with E-state index in [-0.39, 0.29) is 24.5 Å². The van der Waals surface area contributed by atoms with Gasteiger partial charge in [-0.3, -0.25) is 14.5 Å². The Balaban J connectivity index is 1.44. The summed E-state index contributed by atoms with van der Waals surface area (Å²) in [6.07, 6.45) is 3.55. The largest absolute Gasteiger partial charge is 0.454 e. The minimum absolute atomic E-state index is 0.0150. The lowest BCUT2D eigenvalue weighted by Gasteiger charge is -2.27. The summed E-state index contributed by atoms with van der Waals surface area (Å²) in [6.45, 7) is 1.73. The van der Waals surface area contributed by atoms with Crippen LogP contribution in [0.4, 0.5) is 0 Å². The third-order valence-electron chi connectivity index (χ3n) is 6.71. The number of rotatable bonds is 5. The van der Waals surface area contributed by atoms with Crippen molar-refractivity contribution >= 4 is 17.9 Å². The molecule has 1 aromatic heterocycles. The number of hydrogen-bond donors (Lipinski definition) is 0. The van der Waals surface area contributed by atoms with Crippen molar-refractivity contribution in [3.63, 3.8) is 0 Å². The average molecular weight is 515 g/mol. The molecule has 0 fully saturated rings. The fraction of sp³-hybridized carbons (Fsp3) is 0.0968. The van der Waals surface area contributed by atoms with Crippen LogP contribution in [0.5, 0.6) is 11.5 Å². The minimum atomic E-state index is -0.627. The summed E-state index contributed by atoms with van der Waals surface area (Å²) in [5, 5.41) is 14.7. The molecule has 39 heavy (non-hydrogen) atoms. The molecule has 4 aromatic rings. The first-order valence-corrected chi connectivity index (χ1v) is 12.3. The van der Waals surface area contributed by atoms with Gasteiger partial charge in [0.1, 0.15) is 11.6 Å². The number of para-hydroxylation sites is 1. The van der Waals surface area contributed by atoms with Crippen LogP contribution in [0.2, 0.25) is 0 Å². The van der Waals surface area contributed by atoms with Crippen LogP contribution < -0.4 is 9.47 Å². The normalized spacial score (nSPS) is 15.7. The average Bonchev–Trinajstić information content (AvgIpc) is 3.62. The van der Waals surface area contributed by atoms with Gasteiger partial charge in [-0.1, -0.05) is 54.6 Å². The molecule has 3 aromatic carbocycles. The Morgan fingerprint density at radius 2 is 1.67 bits per heavy atom. The van der Waals surface area contributed by atoms with Crippen LogP contribution in [-0.4, -0.2) is 33.3 Å². The summed E-state index contributed by atoms with van der Waals surface area (Å²) >= 11 is 0. The molecule has 0 aliphatic carbocycles. The predicted octanol–water partition coefficient (Wildman–Crippen LogP) is 5.06. The maximum absolute atomic E-state index is 13.8. The Hall–Kier alpha value is -5.42. The van der Waals surface area contributed by atoms with Crippen LogP contribution in [0.15, 0.2) is 102 Å². The number of ether oxygens (including phenoxy) is 2. The summed E-state index contributed by atoms with van der Waals surface area (Å²) in [5.41, 5.74) is 4.29. The van der Waals surface area contributed by atoms with E-state index >= 15 is 0 Å². The molecule has 2 aliphatic heterocycles. The van der Waals surface area contributed by atoms with Crippen molar-refractivity contribution < 1.29 is 19.1 Å². The molecule has 0 saturated carbocycles. The van der Waals surface area contributed by atoms with Crippen LogP contribution >= 0.6 is 0 Å². The predicted molar refractivity (Wildman–Crippen MR) is 143 cm³/mol. The minimum Gasteiger partial charge on any atom is -0.454 e. The molecule has 0 unspecified atom stereocenters. The van der Waals surface area contributed by atoms with E-state index in [2.05, 4.69) is 0 Å². The zero-order chi connectivity index (χ0) is 26.9. The Morgan fingerprint density at radius 3 is 2.41 bits per heavy atom. The summed E-state index contributed by atoms with van der Waals surface area (Å²) in [4.78, 5) is 28.1. The van der Waals surface area contributed by atoms with Gasteiger partial charge >= 0.3 is 0 Å². The topological polar surface area (TPSA) is 97.5 Å². The maximum Gasteiger partial charge on any atom is 0.271 e. The molecule has 2 amide bonds. The van der Waals surface area contributed by atoms with Crippen molar-refractivity contribution in [3.05, 3.63) is 113 Å². The Labute approximate surface area is 224 Å². The number of amides is 2. The molecule has 190 valence electrons. The number of aromatic nitrogens is 2. The number of carbonyl (C=O) groups excluding carboxylic acids is 2. The van der Waals surface area contributed by atoms with Crippen LogP contribution in [0.3, 0.4) is 0 Å². The molecule has 8 nitrogen and oxygen atoms in total. The highest BCUT2D eigenvalue weighted by Gasteiger charge is 2.36. The monoisotopic (exact) mass is 514 g/mol. The zero-order valence-corrected chi connectivity index (χ0v) is 21.0. The van der Waals surface area contributed by atoms with Gasteiger partial charge in [-0.05, 0) is 48.4 Å². The van der Waals surface area contributed by atoms with Crippen molar-refractivity contribution in [1.29, 1.82) is 5.26 Å². The lowest BCUT2D eigenvalue weighted by atomic mass is 9.93. The molecule has 2 aliphatic rings. The smallest absolute Gasteiger partial charge is 0.271 e. The first-order valence-electron chi connectivity index (χ1n) is 12.3. The zero-order valence-electron chi connectivity index (χ0n) is 21.0. The molecule has 0 saturated heterocycles. The lowest BCUT2D eigenvalue weighted by molar-refractivity contribution is -0.141. The number of nitrogens with zero attached hydrogens (tertiary/aromatic N) is 4. The number of imide groups is 1. The van der Waals surface area contributed by atoms with Gasteiger partial charge in [0.05, 0.1) is 17.9 Å². The van der Waals surface area contributed by atoms with E-state index in [1.165, 1.54) is 0 Å². The molecule has 6 rings (SSSR count). The second-order valence-corrected chi connectivity index (χ2v) is 9.13. The molecule has 0 atom stereocenters. The second kappa shape index (κ2) is 9.80.